The van der Waals surface area contributed by atoms with Crippen LogP contribution >= 0.6 is 11.8 Å². The summed E-state index contributed by atoms with van der Waals surface area (Å²) in [5.74, 6) is -2.08. The van der Waals surface area contributed by atoms with Crippen LogP contribution in [0, 0.1) is 19.7 Å². The van der Waals surface area contributed by atoms with E-state index in [2.05, 4.69) is 4.98 Å². The molecule has 2 rings (SSSR count). The zero-order chi connectivity index (χ0) is 14.0. The number of aromatic nitrogens is 1. The van der Waals surface area contributed by atoms with E-state index in [1.54, 1.807) is 0 Å². The first-order valence-corrected chi connectivity index (χ1v) is 6.43. The van der Waals surface area contributed by atoms with Crippen molar-refractivity contribution in [1.82, 2.24) is 4.98 Å². The Morgan fingerprint density at radius 3 is 2.68 bits per heavy atom. The fraction of sp³-hybridized carbons (Fsp3) is 0.143. The summed E-state index contributed by atoms with van der Waals surface area (Å²) in [5, 5.41) is 8.95. The lowest BCUT2D eigenvalue weighted by Crippen LogP contribution is -2.02. The number of benzene rings is 1. The summed E-state index contributed by atoms with van der Waals surface area (Å²) in [5.41, 5.74) is 1.77. The Hall–Kier alpha value is -1.88. The Morgan fingerprint density at radius 1 is 1.32 bits per heavy atom. The molecule has 0 bridgehead atoms. The minimum absolute atomic E-state index is 0.0758. The maximum Gasteiger partial charge on any atom is 0.338 e. The third kappa shape index (κ3) is 2.93. The van der Waals surface area contributed by atoms with Gasteiger partial charge in [-0.2, -0.15) is 0 Å². The van der Waals surface area contributed by atoms with E-state index >= 15 is 0 Å². The van der Waals surface area contributed by atoms with Crippen molar-refractivity contribution in [2.24, 2.45) is 0 Å². The van der Waals surface area contributed by atoms with E-state index in [0.717, 1.165) is 33.9 Å². The molecule has 98 valence electrons. The quantitative estimate of drug-likeness (QED) is 0.929. The van der Waals surface area contributed by atoms with Crippen LogP contribution in [0.25, 0.3) is 0 Å². The number of hydrogen-bond acceptors (Lipinski definition) is 3. The molecule has 0 aliphatic rings. The van der Waals surface area contributed by atoms with E-state index < -0.39 is 11.8 Å². The number of halogens is 1. The van der Waals surface area contributed by atoms with Gasteiger partial charge in [0.2, 0.25) is 0 Å². The molecular weight excluding hydrogens is 265 g/mol. The molecule has 0 fully saturated rings. The van der Waals surface area contributed by atoms with Crippen LogP contribution < -0.4 is 0 Å². The number of carboxylic acids is 1. The van der Waals surface area contributed by atoms with Gasteiger partial charge < -0.3 is 5.11 Å². The Labute approximate surface area is 114 Å². The molecule has 0 saturated heterocycles. The number of aryl methyl sites for hydroxylation is 2. The summed E-state index contributed by atoms with van der Waals surface area (Å²) in [6.07, 6.45) is 1.30. The predicted molar refractivity (Wildman–Crippen MR) is 71.2 cm³/mol. The Kier molecular flexibility index (Phi) is 3.85. The molecule has 0 aliphatic carbocycles. The van der Waals surface area contributed by atoms with E-state index in [1.165, 1.54) is 6.20 Å². The molecule has 1 aromatic carbocycles. The van der Waals surface area contributed by atoms with E-state index in [-0.39, 0.29) is 10.6 Å². The van der Waals surface area contributed by atoms with E-state index in [9.17, 15) is 9.18 Å². The summed E-state index contributed by atoms with van der Waals surface area (Å²) in [6, 6.07) is 6.95. The van der Waals surface area contributed by atoms with Crippen LogP contribution in [0.5, 0.6) is 0 Å². The normalized spacial score (nSPS) is 10.5. The lowest BCUT2D eigenvalue weighted by atomic mass is 10.2. The number of hydrogen-bond donors (Lipinski definition) is 1. The van der Waals surface area contributed by atoms with Gasteiger partial charge in [0.1, 0.15) is 5.03 Å². The van der Waals surface area contributed by atoms with Crippen LogP contribution in [-0.2, 0) is 0 Å². The second kappa shape index (κ2) is 5.40. The predicted octanol–water partition coefficient (Wildman–Crippen LogP) is 3.69. The highest BCUT2D eigenvalue weighted by atomic mass is 32.2. The molecule has 0 amide bonds. The van der Waals surface area contributed by atoms with Crippen molar-refractivity contribution in [3.63, 3.8) is 0 Å². The molecular formula is C14H12FNO2S. The average Bonchev–Trinajstić information content (AvgIpc) is 2.34. The molecule has 0 saturated carbocycles. The standard InChI is InChI=1S/C14H12FNO2S/c1-8-3-4-11(9(2)7-8)19-13-12(15)10(14(17)18)5-6-16-13/h3-7H,1-2H3,(H,17,18). The maximum atomic E-state index is 14.0. The van der Waals surface area contributed by atoms with Gasteiger partial charge in [0.25, 0.3) is 0 Å². The summed E-state index contributed by atoms with van der Waals surface area (Å²) in [7, 11) is 0. The zero-order valence-electron chi connectivity index (χ0n) is 10.5. The lowest BCUT2D eigenvalue weighted by Gasteiger charge is -2.07. The van der Waals surface area contributed by atoms with Gasteiger partial charge in [-0.25, -0.2) is 14.2 Å². The van der Waals surface area contributed by atoms with E-state index in [4.69, 9.17) is 5.11 Å². The summed E-state index contributed by atoms with van der Waals surface area (Å²) in [6.45, 7) is 3.90. The smallest absolute Gasteiger partial charge is 0.338 e. The molecule has 1 N–H and O–H groups in total. The highest BCUT2D eigenvalue weighted by Gasteiger charge is 2.16. The van der Waals surface area contributed by atoms with Crippen LogP contribution in [-0.4, -0.2) is 16.1 Å². The van der Waals surface area contributed by atoms with Crippen molar-refractivity contribution in [2.75, 3.05) is 0 Å². The fourth-order valence-electron chi connectivity index (χ4n) is 1.68. The topological polar surface area (TPSA) is 50.2 Å². The number of carbonyl (C=O) groups is 1. The van der Waals surface area contributed by atoms with Gasteiger partial charge in [0.15, 0.2) is 5.82 Å². The summed E-state index contributed by atoms with van der Waals surface area (Å²) >= 11 is 1.13. The lowest BCUT2D eigenvalue weighted by molar-refractivity contribution is 0.0691. The van der Waals surface area contributed by atoms with Crippen LogP contribution in [0.15, 0.2) is 40.4 Å². The minimum atomic E-state index is -1.29. The Bertz CT molecular complexity index is 643. The molecule has 19 heavy (non-hydrogen) atoms. The molecule has 3 nitrogen and oxygen atoms in total. The molecule has 5 heteroatoms. The molecule has 0 spiro atoms. The first-order valence-electron chi connectivity index (χ1n) is 5.62. The summed E-state index contributed by atoms with van der Waals surface area (Å²) < 4.78 is 14.0. The first kappa shape index (κ1) is 13.5. The monoisotopic (exact) mass is 277 g/mol. The van der Waals surface area contributed by atoms with Gasteiger partial charge in [0.05, 0.1) is 5.56 Å². The van der Waals surface area contributed by atoms with Crippen molar-refractivity contribution < 1.29 is 14.3 Å². The second-order valence-electron chi connectivity index (χ2n) is 4.15. The van der Waals surface area contributed by atoms with Crippen molar-refractivity contribution in [3.05, 3.63) is 53.0 Å². The Morgan fingerprint density at radius 2 is 2.05 bits per heavy atom. The van der Waals surface area contributed by atoms with Crippen molar-refractivity contribution in [3.8, 4) is 0 Å². The van der Waals surface area contributed by atoms with Gasteiger partial charge in [-0.05, 0) is 31.5 Å². The molecule has 0 unspecified atom stereocenters. The Balaban J connectivity index is 2.38. The van der Waals surface area contributed by atoms with Gasteiger partial charge in [0, 0.05) is 11.1 Å². The largest absolute Gasteiger partial charge is 0.478 e. The van der Waals surface area contributed by atoms with Crippen LogP contribution in [0.1, 0.15) is 21.5 Å². The number of pyridine rings is 1. The van der Waals surface area contributed by atoms with Gasteiger partial charge in [-0.3, -0.25) is 0 Å². The molecule has 1 heterocycles. The number of rotatable bonds is 3. The third-order valence-corrected chi connectivity index (χ3v) is 3.78. The molecule has 1 aromatic heterocycles. The SMILES string of the molecule is Cc1ccc(Sc2nccc(C(=O)O)c2F)c(C)c1. The van der Waals surface area contributed by atoms with Gasteiger partial charge in [-0.1, -0.05) is 29.5 Å². The summed E-state index contributed by atoms with van der Waals surface area (Å²) in [4.78, 5) is 15.6. The van der Waals surface area contributed by atoms with E-state index in [1.807, 2.05) is 32.0 Å². The van der Waals surface area contributed by atoms with Gasteiger partial charge in [-0.15, -0.1) is 0 Å². The molecule has 0 radical (unpaired) electrons. The van der Waals surface area contributed by atoms with Crippen molar-refractivity contribution >= 4 is 17.7 Å². The van der Waals surface area contributed by atoms with Gasteiger partial charge >= 0.3 is 5.97 Å². The number of aromatic carboxylic acids is 1. The number of carboxylic acid groups (broad SMARTS) is 1. The molecule has 0 aliphatic heterocycles. The van der Waals surface area contributed by atoms with Crippen molar-refractivity contribution in [2.45, 2.75) is 23.8 Å². The zero-order valence-corrected chi connectivity index (χ0v) is 11.3. The fourth-order valence-corrected chi connectivity index (χ4v) is 2.56. The molecule has 0 atom stereocenters. The first-order chi connectivity index (χ1) is 8.99. The average molecular weight is 277 g/mol. The highest BCUT2D eigenvalue weighted by molar-refractivity contribution is 7.99. The molecule has 2 aromatic rings. The van der Waals surface area contributed by atoms with Crippen molar-refractivity contribution in [1.29, 1.82) is 0 Å². The second-order valence-corrected chi connectivity index (χ2v) is 5.18. The highest BCUT2D eigenvalue weighted by Crippen LogP contribution is 2.31. The van der Waals surface area contributed by atoms with Crippen LogP contribution in [0.3, 0.4) is 0 Å². The number of nitrogens with zero attached hydrogens (tertiary/aromatic N) is 1. The van der Waals surface area contributed by atoms with Crippen LogP contribution in [0.4, 0.5) is 4.39 Å². The minimum Gasteiger partial charge on any atom is -0.478 e. The third-order valence-electron chi connectivity index (χ3n) is 2.62. The van der Waals surface area contributed by atoms with Crippen LogP contribution in [0.2, 0.25) is 0 Å². The maximum absolute atomic E-state index is 14.0. The van der Waals surface area contributed by atoms with E-state index in [0.29, 0.717) is 0 Å².